The van der Waals surface area contributed by atoms with Crippen LogP contribution in [0.1, 0.15) is 23.7 Å². The summed E-state index contributed by atoms with van der Waals surface area (Å²) < 4.78 is 6.62. The van der Waals surface area contributed by atoms with Gasteiger partial charge in [0.15, 0.2) is 5.82 Å². The first-order valence-electron chi connectivity index (χ1n) is 8.79. The number of fused-ring (bicyclic) bond motifs is 1. The molecule has 0 saturated carbocycles. The van der Waals surface area contributed by atoms with E-state index in [0.717, 1.165) is 4.88 Å². The van der Waals surface area contributed by atoms with Crippen LogP contribution in [0.4, 0.5) is 0 Å². The van der Waals surface area contributed by atoms with Crippen LogP contribution in [0.5, 0.6) is 0 Å². The van der Waals surface area contributed by atoms with E-state index < -0.39 is 18.1 Å². The normalized spacial score (nSPS) is 23.1. The van der Waals surface area contributed by atoms with E-state index in [1.807, 2.05) is 22.9 Å². The number of aromatic nitrogens is 4. The molecule has 1 saturated heterocycles. The molecule has 0 aliphatic carbocycles. The van der Waals surface area contributed by atoms with E-state index in [1.165, 1.54) is 34.6 Å². The number of carbonyl (C=O) groups is 3. The Labute approximate surface area is 175 Å². The van der Waals surface area contributed by atoms with Gasteiger partial charge in [0.25, 0.3) is 7.98 Å². The molecule has 4 heterocycles. The van der Waals surface area contributed by atoms with Crippen molar-refractivity contribution in [2.24, 2.45) is 0 Å². The minimum atomic E-state index is -0.623. The number of nitrogens with one attached hydrogen (secondary N) is 1. The van der Waals surface area contributed by atoms with E-state index in [1.54, 1.807) is 12.9 Å². The smallest absolute Gasteiger partial charge is 0.302 e. The molecule has 3 atom stereocenters. The van der Waals surface area contributed by atoms with Crippen LogP contribution in [-0.2, 0) is 25.5 Å². The van der Waals surface area contributed by atoms with Gasteiger partial charge >= 0.3 is 5.97 Å². The fourth-order valence-electron chi connectivity index (χ4n) is 3.29. The van der Waals surface area contributed by atoms with Crippen molar-refractivity contribution < 1.29 is 19.1 Å². The van der Waals surface area contributed by atoms with Crippen molar-refractivity contribution in [1.29, 1.82) is 0 Å². The van der Waals surface area contributed by atoms with Crippen LogP contribution in [0, 0.1) is 0 Å². The molecule has 4 rings (SSSR count). The van der Waals surface area contributed by atoms with E-state index in [2.05, 4.69) is 20.8 Å². The van der Waals surface area contributed by atoms with E-state index in [-0.39, 0.29) is 30.2 Å². The van der Waals surface area contributed by atoms with Crippen LogP contribution in [0.15, 0.2) is 28.5 Å². The molecule has 2 amide bonds. The molecule has 29 heavy (non-hydrogen) atoms. The molecule has 10 nitrogen and oxygen atoms in total. The lowest BCUT2D eigenvalue weighted by Gasteiger charge is -2.52. The molecule has 2 aromatic rings. The van der Waals surface area contributed by atoms with Gasteiger partial charge in [0.2, 0.25) is 11.8 Å². The first-order chi connectivity index (χ1) is 14.0. The lowest BCUT2D eigenvalue weighted by molar-refractivity contribution is -0.152. The lowest BCUT2D eigenvalue weighted by atomic mass is 9.97. The first kappa shape index (κ1) is 19.6. The Morgan fingerprint density at radius 3 is 2.90 bits per heavy atom. The minimum Gasteiger partial charge on any atom is -0.461 e. The summed E-state index contributed by atoms with van der Waals surface area (Å²) >= 11 is 2.90. The number of ether oxygens (including phenoxy) is 1. The van der Waals surface area contributed by atoms with E-state index >= 15 is 0 Å². The molecule has 13 heteroatoms. The van der Waals surface area contributed by atoms with Gasteiger partial charge in [-0.05, 0) is 22.1 Å². The second-order valence-corrected chi connectivity index (χ2v) is 8.63. The topological polar surface area (TPSA) is 119 Å². The number of amides is 2. The molecule has 1 fully saturated rings. The highest BCUT2D eigenvalue weighted by Crippen LogP contribution is 2.45. The molecule has 0 bridgehead atoms. The predicted molar refractivity (Wildman–Crippen MR) is 107 cm³/mol. The summed E-state index contributed by atoms with van der Waals surface area (Å²) in [7, 11) is 1.68. The maximum atomic E-state index is 12.9. The molecule has 150 valence electrons. The Balaban J connectivity index is 1.52. The molecule has 2 aliphatic rings. The number of thiophene rings is 1. The van der Waals surface area contributed by atoms with E-state index in [4.69, 9.17) is 4.74 Å². The zero-order valence-electron chi connectivity index (χ0n) is 15.6. The number of nitrogens with zero attached hydrogens (tertiary/aromatic N) is 5. The van der Waals surface area contributed by atoms with Crippen molar-refractivity contribution in [3.8, 4) is 0 Å². The molecular weight excluding hydrogens is 415 g/mol. The van der Waals surface area contributed by atoms with Crippen LogP contribution in [-0.4, -0.2) is 68.8 Å². The SMILES string of the molecule is Bn1nnnc1[C@H]1C(COC(C)=O)=CS[C@@H]2[C@H](NC(=O)Cc3cccs3)C(=O)N12. The molecule has 0 unspecified atom stereocenters. The van der Waals surface area contributed by atoms with E-state index in [9.17, 15) is 14.4 Å². The largest absolute Gasteiger partial charge is 0.461 e. The number of tetrazole rings is 1. The number of hydrogen-bond acceptors (Lipinski definition) is 9. The third-order valence-electron chi connectivity index (χ3n) is 4.64. The monoisotopic (exact) mass is 432 g/mol. The molecule has 0 aromatic carbocycles. The van der Waals surface area contributed by atoms with Gasteiger partial charge in [0.1, 0.15) is 24.1 Å². The van der Waals surface area contributed by atoms with Crippen molar-refractivity contribution in [3.63, 3.8) is 0 Å². The standard InChI is InChI=1S/C16H17BN6O4S2/c1-8(24)27-6-9-7-29-16-12(18-11(25)5-10-3-2-4-28-10)15(26)22(16)13(9)14-19-20-21-23(14)17/h2-4,7,12-13,16H,5-6,17H2,1H3,(H,18,25)/t12-,13-,16-/m1/s1. The third-order valence-corrected chi connectivity index (χ3v) is 6.73. The summed E-state index contributed by atoms with van der Waals surface area (Å²) in [6.07, 6.45) is 0.239. The molecule has 0 radical (unpaired) electrons. The number of rotatable bonds is 6. The predicted octanol–water partition coefficient (Wildman–Crippen LogP) is -0.738. The van der Waals surface area contributed by atoms with Crippen LogP contribution >= 0.6 is 23.1 Å². The number of β-lactam (4-membered cyclic amide) rings is 1. The van der Waals surface area contributed by atoms with Crippen molar-refractivity contribution in [2.45, 2.75) is 30.8 Å². The average molecular weight is 432 g/mol. The Bertz CT molecular complexity index is 978. The number of thioether (sulfide) groups is 1. The average Bonchev–Trinajstić information content (AvgIpc) is 3.35. The summed E-state index contributed by atoms with van der Waals surface area (Å²) in [5, 5.41) is 17.9. The Morgan fingerprint density at radius 2 is 2.24 bits per heavy atom. The Morgan fingerprint density at radius 1 is 1.41 bits per heavy atom. The van der Waals surface area contributed by atoms with Crippen molar-refractivity contribution in [3.05, 3.63) is 39.2 Å². The summed E-state index contributed by atoms with van der Waals surface area (Å²) in [5.74, 6) is -0.368. The fraction of sp³-hybridized carbons (Fsp3) is 0.375. The zero-order chi connectivity index (χ0) is 20.5. The number of hydrogen-bond donors (Lipinski definition) is 1. The van der Waals surface area contributed by atoms with Gasteiger partial charge in [-0.3, -0.25) is 19.0 Å². The molecule has 2 aromatic heterocycles. The Kier molecular flexibility index (Phi) is 5.41. The molecule has 0 spiro atoms. The quantitative estimate of drug-likeness (QED) is 0.360. The van der Waals surface area contributed by atoms with Gasteiger partial charge in [0, 0.05) is 17.4 Å². The highest BCUT2D eigenvalue weighted by atomic mass is 32.2. The van der Waals surface area contributed by atoms with E-state index in [0.29, 0.717) is 11.4 Å². The molecule has 2 aliphatic heterocycles. The minimum absolute atomic E-state index is 0.0335. The van der Waals surface area contributed by atoms with Crippen molar-refractivity contribution >= 4 is 48.9 Å². The van der Waals surface area contributed by atoms with Gasteiger partial charge in [-0.2, -0.15) is 0 Å². The summed E-state index contributed by atoms with van der Waals surface area (Å²) in [6, 6.07) is 2.59. The van der Waals surface area contributed by atoms with Gasteiger partial charge in [-0.1, -0.05) is 11.3 Å². The van der Waals surface area contributed by atoms with Crippen LogP contribution in [0.3, 0.4) is 0 Å². The van der Waals surface area contributed by atoms with Crippen LogP contribution in [0.2, 0.25) is 0 Å². The second-order valence-electron chi connectivity index (χ2n) is 6.61. The maximum absolute atomic E-state index is 12.9. The summed E-state index contributed by atoms with van der Waals surface area (Å²) in [4.78, 5) is 39.1. The van der Waals surface area contributed by atoms with Gasteiger partial charge < -0.3 is 15.0 Å². The van der Waals surface area contributed by atoms with Crippen LogP contribution < -0.4 is 5.32 Å². The van der Waals surface area contributed by atoms with Crippen LogP contribution in [0.25, 0.3) is 0 Å². The van der Waals surface area contributed by atoms with Gasteiger partial charge in [-0.15, -0.1) is 28.2 Å². The number of carbonyl (C=O) groups excluding carboxylic acids is 3. The summed E-state index contributed by atoms with van der Waals surface area (Å²) in [5.41, 5.74) is 0.705. The molecular formula is C16H17BN6O4S2. The highest BCUT2D eigenvalue weighted by molar-refractivity contribution is 8.02. The summed E-state index contributed by atoms with van der Waals surface area (Å²) in [6.45, 7) is 1.36. The molecule has 1 N–H and O–H groups in total. The van der Waals surface area contributed by atoms with Gasteiger partial charge in [0.05, 0.1) is 6.42 Å². The Hall–Kier alpha value is -2.67. The van der Waals surface area contributed by atoms with Gasteiger partial charge in [-0.25, -0.2) is 0 Å². The lowest BCUT2D eigenvalue weighted by Crippen LogP contribution is -2.71. The number of esters is 1. The zero-order valence-corrected chi connectivity index (χ0v) is 17.3. The highest BCUT2D eigenvalue weighted by Gasteiger charge is 2.55. The second kappa shape index (κ2) is 7.99. The van der Waals surface area contributed by atoms with Crippen molar-refractivity contribution in [2.75, 3.05) is 6.61 Å². The first-order valence-corrected chi connectivity index (χ1v) is 10.6. The van der Waals surface area contributed by atoms with Crippen molar-refractivity contribution in [1.82, 2.24) is 30.3 Å². The third kappa shape index (κ3) is 3.79. The maximum Gasteiger partial charge on any atom is 0.302 e. The fourth-order valence-corrected chi connectivity index (χ4v) is 5.20.